The van der Waals surface area contributed by atoms with Gasteiger partial charge >= 0.3 is 5.97 Å². The van der Waals surface area contributed by atoms with Crippen LogP contribution in [0.25, 0.3) is 0 Å². The molecule has 0 saturated heterocycles. The molecule has 0 saturated carbocycles. The van der Waals surface area contributed by atoms with Gasteiger partial charge in [0.15, 0.2) is 0 Å². The molecule has 0 heterocycles. The van der Waals surface area contributed by atoms with Crippen molar-refractivity contribution in [2.75, 3.05) is 27.2 Å². The van der Waals surface area contributed by atoms with Gasteiger partial charge in [-0.3, -0.25) is 4.79 Å². The molecule has 1 rings (SSSR count). The van der Waals surface area contributed by atoms with E-state index in [-0.39, 0.29) is 11.8 Å². The van der Waals surface area contributed by atoms with Crippen LogP contribution in [0.4, 0.5) is 4.39 Å². The van der Waals surface area contributed by atoms with Crippen LogP contribution >= 0.6 is 0 Å². The van der Waals surface area contributed by atoms with Gasteiger partial charge in [-0.25, -0.2) is 4.39 Å². The lowest BCUT2D eigenvalue weighted by atomic mass is 10.1. The van der Waals surface area contributed by atoms with E-state index in [1.807, 2.05) is 13.1 Å². The predicted molar refractivity (Wildman–Crippen MR) is 68.9 cm³/mol. The van der Waals surface area contributed by atoms with Crippen LogP contribution in [-0.2, 0) is 16.0 Å². The average Bonchev–Trinajstić information content (AvgIpc) is 2.36. The molecule has 0 aromatic heterocycles. The molecule has 0 unspecified atom stereocenters. The number of likely N-dealkylation sites (N-methyl/N-ethyl adjacent to an activating group) is 1. The number of halogens is 1. The van der Waals surface area contributed by atoms with Crippen molar-refractivity contribution in [3.05, 3.63) is 35.6 Å². The number of nitrogens with zero attached hydrogens (tertiary/aromatic N) is 1. The third kappa shape index (κ3) is 5.77. The van der Waals surface area contributed by atoms with E-state index in [9.17, 15) is 9.18 Å². The molecule has 18 heavy (non-hydrogen) atoms. The fourth-order valence-corrected chi connectivity index (χ4v) is 1.72. The molecule has 0 N–H and O–H groups in total. The molecule has 3 nitrogen and oxygen atoms in total. The highest BCUT2D eigenvalue weighted by Gasteiger charge is 2.03. The number of hydrogen-bond donors (Lipinski definition) is 0. The van der Waals surface area contributed by atoms with Gasteiger partial charge in [-0.1, -0.05) is 12.1 Å². The average molecular weight is 253 g/mol. The summed E-state index contributed by atoms with van der Waals surface area (Å²) in [6, 6.07) is 6.65. The van der Waals surface area contributed by atoms with Gasteiger partial charge in [0.1, 0.15) is 5.82 Å². The van der Waals surface area contributed by atoms with Gasteiger partial charge < -0.3 is 9.64 Å². The fraction of sp³-hybridized carbons (Fsp3) is 0.500. The number of carbonyl (C=O) groups excluding carboxylic acids is 1. The van der Waals surface area contributed by atoms with Crippen molar-refractivity contribution in [3.8, 4) is 0 Å². The second-order valence-electron chi connectivity index (χ2n) is 4.36. The van der Waals surface area contributed by atoms with Crippen molar-refractivity contribution >= 4 is 5.97 Å². The minimum Gasteiger partial charge on any atom is -0.469 e. The van der Waals surface area contributed by atoms with Crippen LogP contribution in [0, 0.1) is 5.82 Å². The summed E-state index contributed by atoms with van der Waals surface area (Å²) >= 11 is 0. The zero-order chi connectivity index (χ0) is 13.4. The molecule has 0 aliphatic heterocycles. The van der Waals surface area contributed by atoms with Crippen LogP contribution in [0.5, 0.6) is 0 Å². The Kier molecular flexibility index (Phi) is 6.36. The molecule has 0 atom stereocenters. The summed E-state index contributed by atoms with van der Waals surface area (Å²) in [5.74, 6) is -0.366. The van der Waals surface area contributed by atoms with E-state index in [0.29, 0.717) is 6.42 Å². The summed E-state index contributed by atoms with van der Waals surface area (Å²) in [5.41, 5.74) is 0.995. The van der Waals surface area contributed by atoms with Crippen LogP contribution in [0.1, 0.15) is 18.4 Å². The van der Waals surface area contributed by atoms with Crippen LogP contribution in [-0.4, -0.2) is 38.1 Å². The summed E-state index contributed by atoms with van der Waals surface area (Å²) < 4.78 is 17.5. The molecule has 100 valence electrons. The lowest BCUT2D eigenvalue weighted by Gasteiger charge is -2.16. The number of ether oxygens (including phenoxy) is 1. The maximum absolute atomic E-state index is 13.0. The maximum atomic E-state index is 13.0. The standard InChI is InChI=1S/C14H20FNO2/c1-16(9-4-7-14(17)18-2)10-8-12-5-3-6-13(15)11-12/h3,5-6,11H,4,7-10H2,1-2H3. The first kappa shape index (κ1) is 14.6. The first-order valence-electron chi connectivity index (χ1n) is 6.11. The molecule has 4 heteroatoms. The molecule has 1 aromatic rings. The molecular formula is C14H20FNO2. The van der Waals surface area contributed by atoms with Gasteiger partial charge in [0.25, 0.3) is 0 Å². The van der Waals surface area contributed by atoms with Crippen LogP contribution in [0.15, 0.2) is 24.3 Å². The lowest BCUT2D eigenvalue weighted by molar-refractivity contribution is -0.140. The van der Waals surface area contributed by atoms with Crippen molar-refractivity contribution in [3.63, 3.8) is 0 Å². The van der Waals surface area contributed by atoms with Crippen LogP contribution in [0.2, 0.25) is 0 Å². The van der Waals surface area contributed by atoms with Gasteiger partial charge in [0, 0.05) is 13.0 Å². The molecular weight excluding hydrogens is 233 g/mol. The smallest absolute Gasteiger partial charge is 0.305 e. The number of rotatable bonds is 7. The monoisotopic (exact) mass is 253 g/mol. The van der Waals surface area contributed by atoms with Crippen molar-refractivity contribution in [2.45, 2.75) is 19.3 Å². The van der Waals surface area contributed by atoms with Crippen molar-refractivity contribution in [2.24, 2.45) is 0 Å². The van der Waals surface area contributed by atoms with Gasteiger partial charge in [-0.2, -0.15) is 0 Å². The van der Waals surface area contributed by atoms with Crippen molar-refractivity contribution < 1.29 is 13.9 Å². The van der Waals surface area contributed by atoms with Gasteiger partial charge in [-0.05, 0) is 44.1 Å². The zero-order valence-electron chi connectivity index (χ0n) is 11.0. The number of hydrogen-bond acceptors (Lipinski definition) is 3. The van der Waals surface area contributed by atoms with E-state index < -0.39 is 0 Å². The van der Waals surface area contributed by atoms with E-state index in [2.05, 4.69) is 9.64 Å². The fourth-order valence-electron chi connectivity index (χ4n) is 1.72. The third-order valence-electron chi connectivity index (χ3n) is 2.82. The van der Waals surface area contributed by atoms with Gasteiger partial charge in [0.2, 0.25) is 0 Å². The zero-order valence-corrected chi connectivity index (χ0v) is 11.0. The normalized spacial score (nSPS) is 10.7. The van der Waals surface area contributed by atoms with Crippen LogP contribution < -0.4 is 0 Å². The molecule has 0 amide bonds. The minimum atomic E-state index is -0.194. The van der Waals surface area contributed by atoms with E-state index in [0.717, 1.165) is 31.5 Å². The SMILES string of the molecule is COC(=O)CCCN(C)CCc1cccc(F)c1. The Labute approximate surface area is 108 Å². The lowest BCUT2D eigenvalue weighted by Crippen LogP contribution is -2.23. The first-order valence-corrected chi connectivity index (χ1v) is 6.11. The molecule has 0 fully saturated rings. The van der Waals surface area contributed by atoms with Crippen molar-refractivity contribution in [1.82, 2.24) is 4.90 Å². The summed E-state index contributed by atoms with van der Waals surface area (Å²) in [5, 5.41) is 0. The summed E-state index contributed by atoms with van der Waals surface area (Å²) in [6.45, 7) is 1.69. The predicted octanol–water partition coefficient (Wildman–Crippen LogP) is 2.25. The summed E-state index contributed by atoms with van der Waals surface area (Å²) in [7, 11) is 3.40. The van der Waals surface area contributed by atoms with Gasteiger partial charge in [-0.15, -0.1) is 0 Å². The number of methoxy groups -OCH3 is 1. The quantitative estimate of drug-likeness (QED) is 0.698. The Morgan fingerprint density at radius 3 is 2.83 bits per heavy atom. The van der Waals surface area contributed by atoms with E-state index in [1.54, 1.807) is 12.1 Å². The molecule has 0 radical (unpaired) electrons. The maximum Gasteiger partial charge on any atom is 0.305 e. The Morgan fingerprint density at radius 2 is 2.17 bits per heavy atom. The first-order chi connectivity index (χ1) is 8.61. The number of benzene rings is 1. The Bertz CT molecular complexity index is 382. The second-order valence-corrected chi connectivity index (χ2v) is 4.36. The van der Waals surface area contributed by atoms with Crippen molar-refractivity contribution in [1.29, 1.82) is 0 Å². The second kappa shape index (κ2) is 7.82. The Balaban J connectivity index is 2.20. The topological polar surface area (TPSA) is 29.5 Å². The Morgan fingerprint density at radius 1 is 1.39 bits per heavy atom. The molecule has 0 spiro atoms. The number of carbonyl (C=O) groups is 1. The molecule has 0 bridgehead atoms. The highest BCUT2D eigenvalue weighted by molar-refractivity contribution is 5.69. The minimum absolute atomic E-state index is 0.173. The van der Waals surface area contributed by atoms with E-state index >= 15 is 0 Å². The van der Waals surface area contributed by atoms with Gasteiger partial charge in [0.05, 0.1) is 7.11 Å². The third-order valence-corrected chi connectivity index (χ3v) is 2.82. The van der Waals surface area contributed by atoms with Crippen LogP contribution in [0.3, 0.4) is 0 Å². The van der Waals surface area contributed by atoms with E-state index in [4.69, 9.17) is 0 Å². The number of esters is 1. The summed E-state index contributed by atoms with van der Waals surface area (Å²) in [6.07, 6.45) is 2.04. The largest absolute Gasteiger partial charge is 0.469 e. The Hall–Kier alpha value is -1.42. The van der Waals surface area contributed by atoms with E-state index in [1.165, 1.54) is 13.2 Å². The highest BCUT2D eigenvalue weighted by Crippen LogP contribution is 2.05. The molecule has 0 aliphatic rings. The molecule has 1 aromatic carbocycles. The summed E-state index contributed by atoms with van der Waals surface area (Å²) in [4.78, 5) is 13.1. The molecule has 0 aliphatic carbocycles. The highest BCUT2D eigenvalue weighted by atomic mass is 19.1.